The maximum absolute atomic E-state index is 13.0. The van der Waals surface area contributed by atoms with Crippen molar-refractivity contribution in [3.8, 4) is 0 Å². The number of nitrogens with two attached hydrogens (primary N) is 1. The molecular formula is C46H53ClN8O8. The molecule has 332 valence electrons. The zero-order valence-electron chi connectivity index (χ0n) is 35.3. The van der Waals surface area contributed by atoms with Crippen LogP contribution in [0.5, 0.6) is 0 Å². The second kappa shape index (κ2) is 27.9. The molecule has 17 heteroatoms. The molecular weight excluding hydrogens is 828 g/mol. The van der Waals surface area contributed by atoms with Crippen LogP contribution < -0.4 is 20.9 Å². The van der Waals surface area contributed by atoms with Gasteiger partial charge < -0.3 is 39.8 Å². The third kappa shape index (κ3) is 16.9. The summed E-state index contributed by atoms with van der Waals surface area (Å²) in [4.78, 5) is 50.4. The number of fused-ring (bicyclic) bond motifs is 2. The molecule has 0 saturated heterocycles. The minimum atomic E-state index is -0.790. The Morgan fingerprint density at radius 3 is 1.54 bits per heavy atom. The fourth-order valence-electron chi connectivity index (χ4n) is 5.80. The number of H-pyrrole nitrogens is 2. The van der Waals surface area contributed by atoms with Gasteiger partial charge in [-0.3, -0.25) is 19.8 Å². The minimum Gasteiger partial charge on any atom is -0.451 e. The Morgan fingerprint density at radius 1 is 0.635 bits per heavy atom. The number of nitrogens with one attached hydrogen (secondary N) is 3. The summed E-state index contributed by atoms with van der Waals surface area (Å²) >= 11 is 4.80. The van der Waals surface area contributed by atoms with E-state index in [9.17, 15) is 19.2 Å². The number of hydrogen-bond acceptors (Lipinski definition) is 11. The van der Waals surface area contributed by atoms with E-state index in [0.29, 0.717) is 51.5 Å². The Balaban J connectivity index is 0.000000241. The molecule has 0 fully saturated rings. The van der Waals surface area contributed by atoms with Gasteiger partial charge in [0.25, 0.3) is 11.8 Å². The summed E-state index contributed by atoms with van der Waals surface area (Å²) in [6.07, 6.45) is 7.36. The smallest absolute Gasteiger partial charge is 0.407 e. The lowest BCUT2D eigenvalue weighted by molar-refractivity contribution is -0.114. The van der Waals surface area contributed by atoms with E-state index in [1.807, 2.05) is 109 Å². The molecule has 0 radical (unpaired) electrons. The number of benzene rings is 4. The SMILES string of the molecule is COCCOC(=O)Cl.COCCOC(=O)NCCCN(C(=O)/C=C/c1n[nH]c2ccccc12)c1ccccc1.NCCCN(C(=O)/C=C/c1n[nH]c2ccccc12)c1ccccc1. The second-order valence-electron chi connectivity index (χ2n) is 13.3. The van der Waals surface area contributed by atoms with Gasteiger partial charge in [0.1, 0.15) is 13.2 Å². The molecule has 2 aromatic heterocycles. The van der Waals surface area contributed by atoms with Gasteiger partial charge in [-0.2, -0.15) is 10.2 Å². The normalized spacial score (nSPS) is 10.8. The number of rotatable bonds is 19. The van der Waals surface area contributed by atoms with Gasteiger partial charge >= 0.3 is 11.5 Å². The molecule has 0 aliphatic heterocycles. The first kappa shape index (κ1) is 48.8. The molecule has 0 aliphatic carbocycles. The lowest BCUT2D eigenvalue weighted by Crippen LogP contribution is -2.33. The van der Waals surface area contributed by atoms with E-state index in [1.54, 1.807) is 35.1 Å². The Morgan fingerprint density at radius 2 is 1.08 bits per heavy atom. The average Bonchev–Trinajstić information content (AvgIpc) is 3.93. The van der Waals surface area contributed by atoms with E-state index in [2.05, 4.69) is 35.2 Å². The molecule has 6 aromatic rings. The zero-order valence-corrected chi connectivity index (χ0v) is 36.0. The van der Waals surface area contributed by atoms with Crippen LogP contribution in [0, 0.1) is 0 Å². The van der Waals surface area contributed by atoms with Gasteiger partial charge in [-0.15, -0.1) is 0 Å². The summed E-state index contributed by atoms with van der Waals surface area (Å²) in [5, 5.41) is 19.1. The maximum Gasteiger partial charge on any atom is 0.407 e. The summed E-state index contributed by atoms with van der Waals surface area (Å²) in [5.41, 5.74) is 9.79. The molecule has 0 atom stereocenters. The second-order valence-corrected chi connectivity index (χ2v) is 13.6. The van der Waals surface area contributed by atoms with Crippen molar-refractivity contribution in [1.29, 1.82) is 0 Å². The summed E-state index contributed by atoms with van der Waals surface area (Å²) in [6, 6.07) is 34.6. The van der Waals surface area contributed by atoms with Gasteiger partial charge in [-0.25, -0.2) is 9.59 Å². The van der Waals surface area contributed by atoms with Crippen LogP contribution in [-0.2, 0) is 28.5 Å². The maximum atomic E-state index is 13.0. The standard InChI is InChI=1S/C23H26N4O4.C19H20N4O.C4H7ClO3/c1-30-16-17-31-23(29)24-14-7-15-27(18-8-3-2-4-9-18)22(28)13-12-21-19-10-5-6-11-20(19)25-26-21;20-13-6-14-23(15-7-2-1-3-8-15)19(24)12-11-18-16-9-4-5-10-17(16)21-22-18;1-7-2-3-8-4(5)6/h2-6,8-13H,7,14-17H2,1H3,(H,24,29)(H,25,26);1-5,7-12H,6,13-14,20H2,(H,21,22);2-3H2,1H3/b13-12+;12-11+;. The summed E-state index contributed by atoms with van der Waals surface area (Å²) < 4.78 is 18.6. The quantitative estimate of drug-likeness (QED) is 0.0360. The molecule has 0 saturated carbocycles. The van der Waals surface area contributed by atoms with E-state index in [4.69, 9.17) is 26.8 Å². The predicted molar refractivity (Wildman–Crippen MR) is 246 cm³/mol. The largest absolute Gasteiger partial charge is 0.451 e. The molecule has 5 N–H and O–H groups in total. The number of halogens is 1. The third-order valence-electron chi connectivity index (χ3n) is 8.87. The molecule has 0 bridgehead atoms. The molecule has 2 heterocycles. The number of alkyl carbamates (subject to hydrolysis) is 1. The highest BCUT2D eigenvalue weighted by Gasteiger charge is 2.15. The predicted octanol–water partition coefficient (Wildman–Crippen LogP) is 7.34. The highest BCUT2D eigenvalue weighted by Crippen LogP contribution is 2.20. The molecule has 4 aromatic carbocycles. The van der Waals surface area contributed by atoms with Crippen LogP contribution in [0.4, 0.5) is 21.0 Å². The molecule has 3 amide bonds. The van der Waals surface area contributed by atoms with Crippen molar-refractivity contribution >= 4 is 80.3 Å². The van der Waals surface area contributed by atoms with E-state index in [1.165, 1.54) is 13.2 Å². The molecule has 0 aliphatic rings. The van der Waals surface area contributed by atoms with Crippen LogP contribution in [0.3, 0.4) is 0 Å². The molecule has 0 unspecified atom stereocenters. The van der Waals surface area contributed by atoms with Crippen molar-refractivity contribution in [1.82, 2.24) is 25.7 Å². The number of carbonyl (C=O) groups is 4. The van der Waals surface area contributed by atoms with Crippen LogP contribution in [0.25, 0.3) is 34.0 Å². The molecule has 6 rings (SSSR count). The van der Waals surface area contributed by atoms with E-state index in [0.717, 1.165) is 45.3 Å². The van der Waals surface area contributed by atoms with Crippen molar-refractivity contribution in [2.75, 3.05) is 76.6 Å². The number of aromatic nitrogens is 4. The number of hydrogen-bond donors (Lipinski definition) is 4. The van der Waals surface area contributed by atoms with Crippen molar-refractivity contribution < 1.29 is 38.1 Å². The number of amides is 3. The minimum absolute atomic E-state index is 0.0817. The first-order chi connectivity index (χ1) is 30.7. The molecule has 63 heavy (non-hydrogen) atoms. The summed E-state index contributed by atoms with van der Waals surface area (Å²) in [5.74, 6) is -0.248. The molecule has 0 spiro atoms. The van der Waals surface area contributed by atoms with Gasteiger partial charge in [-0.05, 0) is 67.9 Å². The van der Waals surface area contributed by atoms with Gasteiger partial charge in [0.15, 0.2) is 0 Å². The Bertz CT molecular complexity index is 2350. The first-order valence-corrected chi connectivity index (χ1v) is 20.5. The molecule has 16 nitrogen and oxygen atoms in total. The average molecular weight is 881 g/mol. The van der Waals surface area contributed by atoms with Crippen molar-refractivity contribution in [2.24, 2.45) is 5.73 Å². The van der Waals surface area contributed by atoms with Crippen LogP contribution in [-0.4, -0.2) is 111 Å². The Kier molecular flexibility index (Phi) is 21.6. The number of aromatic amines is 2. The van der Waals surface area contributed by atoms with Crippen LogP contribution in [0.1, 0.15) is 24.2 Å². The number of ether oxygens (including phenoxy) is 4. The fraction of sp³-hybridized carbons (Fsp3) is 0.261. The van der Waals surface area contributed by atoms with Gasteiger partial charge in [0, 0.05) is 79.8 Å². The van der Waals surface area contributed by atoms with Crippen molar-refractivity contribution in [2.45, 2.75) is 12.8 Å². The number of methoxy groups -OCH3 is 2. The van der Waals surface area contributed by atoms with Gasteiger partial charge in [-0.1, -0.05) is 72.8 Å². The Hall–Kier alpha value is -6.85. The monoisotopic (exact) mass is 880 g/mol. The Labute approximate surface area is 371 Å². The number of nitrogens with zero attached hydrogens (tertiary/aromatic N) is 4. The zero-order chi connectivity index (χ0) is 45.1. The summed E-state index contributed by atoms with van der Waals surface area (Å²) in [7, 11) is 3.06. The van der Waals surface area contributed by atoms with Gasteiger partial charge in [0.2, 0.25) is 0 Å². The van der Waals surface area contributed by atoms with Crippen LogP contribution in [0.2, 0.25) is 0 Å². The number of anilines is 2. The summed E-state index contributed by atoms with van der Waals surface area (Å²) in [6.45, 7) is 3.11. The van der Waals surface area contributed by atoms with E-state index < -0.39 is 11.5 Å². The van der Waals surface area contributed by atoms with Crippen molar-refractivity contribution in [3.05, 3.63) is 133 Å². The van der Waals surface area contributed by atoms with E-state index >= 15 is 0 Å². The topological polar surface area (TPSA) is 207 Å². The lowest BCUT2D eigenvalue weighted by Gasteiger charge is -2.21. The van der Waals surface area contributed by atoms with Crippen LogP contribution >= 0.6 is 11.6 Å². The highest BCUT2D eigenvalue weighted by molar-refractivity contribution is 6.61. The fourth-order valence-corrected chi connectivity index (χ4v) is 5.88. The number of para-hydroxylation sites is 4. The highest BCUT2D eigenvalue weighted by atomic mass is 35.5. The number of carbonyl (C=O) groups excluding carboxylic acids is 4. The lowest BCUT2D eigenvalue weighted by atomic mass is 10.2. The van der Waals surface area contributed by atoms with E-state index in [-0.39, 0.29) is 25.0 Å². The van der Waals surface area contributed by atoms with Gasteiger partial charge in [0.05, 0.1) is 35.6 Å². The van der Waals surface area contributed by atoms with Crippen LogP contribution in [0.15, 0.2) is 121 Å². The third-order valence-corrected chi connectivity index (χ3v) is 8.98. The van der Waals surface area contributed by atoms with Crippen molar-refractivity contribution in [3.63, 3.8) is 0 Å². The first-order valence-electron chi connectivity index (χ1n) is 20.1.